The van der Waals surface area contributed by atoms with Crippen LogP contribution in [0.5, 0.6) is 5.75 Å². The Morgan fingerprint density at radius 2 is 1.91 bits per heavy atom. The van der Waals surface area contributed by atoms with Crippen molar-refractivity contribution in [2.75, 3.05) is 11.9 Å². The standard InChI is InChI=1S/C22H19N5O6S/c1-11(17-4-5-18(34-17)22(31)32)26-21(30)15-7-14(24-10-25-15)20(29)23-8-12-2-3-16-13(6-12)27-19(28)9-33-16/h2-7,10-11H,8-9H2,1H3,(H,23,29)(H,26,30)(H,27,28)(H,31,32)/t11-/m0/s1. The quantitative estimate of drug-likeness (QED) is 0.399. The lowest BCUT2D eigenvalue weighted by Crippen LogP contribution is -2.29. The molecule has 0 aliphatic carbocycles. The predicted molar refractivity (Wildman–Crippen MR) is 121 cm³/mol. The number of aromatic carboxylic acids is 1. The molecule has 11 nitrogen and oxygen atoms in total. The number of carboxylic acid groups (broad SMARTS) is 1. The van der Waals surface area contributed by atoms with E-state index in [4.69, 9.17) is 9.84 Å². The van der Waals surface area contributed by atoms with Gasteiger partial charge < -0.3 is 25.8 Å². The highest BCUT2D eigenvalue weighted by Crippen LogP contribution is 2.28. The fraction of sp³-hybridized carbons (Fsp3) is 0.182. The largest absolute Gasteiger partial charge is 0.482 e. The van der Waals surface area contributed by atoms with Crippen molar-refractivity contribution in [2.45, 2.75) is 19.5 Å². The lowest BCUT2D eigenvalue weighted by Gasteiger charge is -2.18. The van der Waals surface area contributed by atoms with E-state index in [9.17, 15) is 19.2 Å². The molecule has 12 heteroatoms. The molecule has 3 heterocycles. The fourth-order valence-electron chi connectivity index (χ4n) is 3.16. The number of carbonyl (C=O) groups is 4. The van der Waals surface area contributed by atoms with Crippen LogP contribution in [-0.4, -0.2) is 45.4 Å². The summed E-state index contributed by atoms with van der Waals surface area (Å²) in [5, 5.41) is 17.2. The van der Waals surface area contributed by atoms with Crippen LogP contribution in [-0.2, 0) is 11.3 Å². The minimum absolute atomic E-state index is 0.00402. The number of aromatic nitrogens is 2. The maximum Gasteiger partial charge on any atom is 0.345 e. The van der Waals surface area contributed by atoms with Gasteiger partial charge in [0.25, 0.3) is 17.7 Å². The number of anilines is 1. The fourth-order valence-corrected chi connectivity index (χ4v) is 4.01. The van der Waals surface area contributed by atoms with Crippen LogP contribution in [0.4, 0.5) is 5.69 Å². The zero-order chi connectivity index (χ0) is 24.2. The lowest BCUT2D eigenvalue weighted by atomic mass is 10.1. The normalized spacial score (nSPS) is 13.1. The summed E-state index contributed by atoms with van der Waals surface area (Å²) in [7, 11) is 0. The van der Waals surface area contributed by atoms with Crippen molar-refractivity contribution in [3.8, 4) is 5.75 Å². The number of fused-ring (bicyclic) bond motifs is 1. The molecule has 4 rings (SSSR count). The summed E-state index contributed by atoms with van der Waals surface area (Å²) in [6.45, 7) is 1.84. The highest BCUT2D eigenvalue weighted by Gasteiger charge is 2.19. The van der Waals surface area contributed by atoms with Crippen molar-refractivity contribution in [3.05, 3.63) is 69.4 Å². The van der Waals surface area contributed by atoms with Crippen LogP contribution in [0, 0.1) is 0 Å². The van der Waals surface area contributed by atoms with Crippen molar-refractivity contribution in [1.82, 2.24) is 20.6 Å². The van der Waals surface area contributed by atoms with Crippen LogP contribution in [0.1, 0.15) is 54.1 Å². The van der Waals surface area contributed by atoms with Crippen LogP contribution in [0.2, 0.25) is 0 Å². The van der Waals surface area contributed by atoms with Crippen molar-refractivity contribution < 1.29 is 29.0 Å². The first-order chi connectivity index (χ1) is 16.3. The van der Waals surface area contributed by atoms with Gasteiger partial charge >= 0.3 is 5.97 Å². The summed E-state index contributed by atoms with van der Waals surface area (Å²) < 4.78 is 5.31. The van der Waals surface area contributed by atoms with Crippen LogP contribution < -0.4 is 20.7 Å². The first-order valence-electron chi connectivity index (χ1n) is 10.1. The van der Waals surface area contributed by atoms with Gasteiger partial charge in [-0.05, 0) is 36.8 Å². The summed E-state index contributed by atoms with van der Waals surface area (Å²) in [5.74, 6) is -1.77. The molecule has 0 spiro atoms. The SMILES string of the molecule is C[C@H](NC(=O)c1cc(C(=O)NCc2ccc3c(c2)NC(=O)CO3)ncn1)c1ccc(C(=O)O)s1. The molecule has 3 aromatic rings. The summed E-state index contributed by atoms with van der Waals surface area (Å²) in [6, 6.07) is 9.10. The number of amides is 3. The molecule has 34 heavy (non-hydrogen) atoms. The van der Waals surface area contributed by atoms with Crippen LogP contribution in [0.25, 0.3) is 0 Å². The average molecular weight is 481 g/mol. The molecule has 0 bridgehead atoms. The number of thiophene rings is 1. The number of carboxylic acids is 1. The topological polar surface area (TPSA) is 160 Å². The zero-order valence-corrected chi connectivity index (χ0v) is 18.6. The number of carbonyl (C=O) groups excluding carboxylic acids is 3. The molecule has 3 amide bonds. The Bertz CT molecular complexity index is 1290. The van der Waals surface area contributed by atoms with Gasteiger partial charge in [0.1, 0.15) is 28.3 Å². The number of nitrogens with zero attached hydrogens (tertiary/aromatic N) is 2. The predicted octanol–water partition coefficient (Wildman–Crippen LogP) is 1.99. The highest BCUT2D eigenvalue weighted by atomic mass is 32.1. The average Bonchev–Trinajstić information content (AvgIpc) is 3.33. The summed E-state index contributed by atoms with van der Waals surface area (Å²) in [5.41, 5.74) is 1.26. The Morgan fingerprint density at radius 3 is 2.65 bits per heavy atom. The highest BCUT2D eigenvalue weighted by molar-refractivity contribution is 7.14. The Kier molecular flexibility index (Phi) is 6.50. The van der Waals surface area contributed by atoms with Gasteiger partial charge in [0.05, 0.1) is 11.7 Å². The van der Waals surface area contributed by atoms with Gasteiger partial charge in [-0.25, -0.2) is 14.8 Å². The summed E-state index contributed by atoms with van der Waals surface area (Å²) in [4.78, 5) is 56.4. The van der Waals surface area contributed by atoms with Gasteiger partial charge in [-0.15, -0.1) is 11.3 Å². The molecular formula is C22H19N5O6S. The maximum absolute atomic E-state index is 12.6. The third-order valence-corrected chi connectivity index (χ3v) is 6.13. The van der Waals surface area contributed by atoms with Crippen molar-refractivity contribution in [1.29, 1.82) is 0 Å². The molecule has 1 atom stereocenters. The molecule has 0 unspecified atom stereocenters. The second-order valence-electron chi connectivity index (χ2n) is 7.34. The second-order valence-corrected chi connectivity index (χ2v) is 8.46. The van der Waals surface area contributed by atoms with E-state index in [1.54, 1.807) is 31.2 Å². The molecule has 174 valence electrons. The molecule has 0 saturated carbocycles. The molecule has 1 aromatic carbocycles. The molecule has 0 saturated heterocycles. The Hall–Kier alpha value is -4.32. The van der Waals surface area contributed by atoms with E-state index in [0.717, 1.165) is 23.2 Å². The minimum Gasteiger partial charge on any atom is -0.482 e. The zero-order valence-electron chi connectivity index (χ0n) is 17.8. The first-order valence-corrected chi connectivity index (χ1v) is 10.9. The maximum atomic E-state index is 12.6. The number of ether oxygens (including phenoxy) is 1. The van der Waals surface area contributed by atoms with E-state index >= 15 is 0 Å². The monoisotopic (exact) mass is 481 g/mol. The Morgan fingerprint density at radius 1 is 1.15 bits per heavy atom. The van der Waals surface area contributed by atoms with E-state index in [0.29, 0.717) is 16.3 Å². The third kappa shape index (κ3) is 5.18. The minimum atomic E-state index is -1.03. The third-order valence-electron chi connectivity index (χ3n) is 4.87. The van der Waals surface area contributed by atoms with E-state index in [2.05, 4.69) is 25.9 Å². The van der Waals surface area contributed by atoms with Crippen molar-refractivity contribution >= 4 is 40.7 Å². The van der Waals surface area contributed by atoms with Gasteiger partial charge in [-0.3, -0.25) is 14.4 Å². The van der Waals surface area contributed by atoms with Gasteiger partial charge in [0.2, 0.25) is 0 Å². The molecule has 2 aromatic heterocycles. The number of hydrogen-bond acceptors (Lipinski definition) is 8. The number of hydrogen-bond donors (Lipinski definition) is 4. The molecular weight excluding hydrogens is 462 g/mol. The molecule has 1 aliphatic rings. The number of benzene rings is 1. The number of rotatable bonds is 7. The van der Waals surface area contributed by atoms with E-state index < -0.39 is 23.8 Å². The van der Waals surface area contributed by atoms with E-state index in [1.165, 1.54) is 12.1 Å². The van der Waals surface area contributed by atoms with Crippen molar-refractivity contribution in [2.24, 2.45) is 0 Å². The van der Waals surface area contributed by atoms with E-state index in [-0.39, 0.29) is 35.3 Å². The lowest BCUT2D eigenvalue weighted by molar-refractivity contribution is -0.118. The summed E-state index contributed by atoms with van der Waals surface area (Å²) in [6.07, 6.45) is 1.12. The Balaban J connectivity index is 1.38. The number of nitrogens with one attached hydrogen (secondary N) is 3. The van der Waals surface area contributed by atoms with E-state index in [1.807, 2.05) is 0 Å². The van der Waals surface area contributed by atoms with Gasteiger partial charge in [-0.1, -0.05) is 6.07 Å². The molecule has 0 radical (unpaired) electrons. The second kappa shape index (κ2) is 9.67. The first kappa shape index (κ1) is 22.9. The van der Waals surface area contributed by atoms with Gasteiger partial charge in [0.15, 0.2) is 6.61 Å². The van der Waals surface area contributed by atoms with Crippen molar-refractivity contribution in [3.63, 3.8) is 0 Å². The smallest absolute Gasteiger partial charge is 0.345 e. The molecule has 0 fully saturated rings. The molecule has 4 N–H and O–H groups in total. The Labute approximate surface area is 197 Å². The van der Waals surface area contributed by atoms with Gasteiger partial charge in [0, 0.05) is 17.5 Å². The van der Waals surface area contributed by atoms with Gasteiger partial charge in [-0.2, -0.15) is 0 Å². The molecule has 1 aliphatic heterocycles. The van der Waals surface area contributed by atoms with Crippen LogP contribution in [0.15, 0.2) is 42.7 Å². The van der Waals surface area contributed by atoms with Crippen LogP contribution in [0.3, 0.4) is 0 Å². The summed E-state index contributed by atoms with van der Waals surface area (Å²) >= 11 is 1.07. The van der Waals surface area contributed by atoms with Crippen LogP contribution >= 0.6 is 11.3 Å².